The highest BCUT2D eigenvalue weighted by molar-refractivity contribution is 5.92. The summed E-state index contributed by atoms with van der Waals surface area (Å²) in [6.45, 7) is 0. The van der Waals surface area contributed by atoms with E-state index in [-0.39, 0.29) is 17.0 Å². The van der Waals surface area contributed by atoms with Gasteiger partial charge in [0, 0.05) is 29.9 Å². The van der Waals surface area contributed by atoms with Crippen LogP contribution in [0.2, 0.25) is 0 Å². The Hall–Kier alpha value is -3.09. The molecule has 0 bridgehead atoms. The van der Waals surface area contributed by atoms with E-state index in [9.17, 15) is 14.5 Å². The predicted octanol–water partition coefficient (Wildman–Crippen LogP) is 3.47. The minimum absolute atomic E-state index is 0.112. The summed E-state index contributed by atoms with van der Waals surface area (Å²) in [5, 5.41) is 11.5. The van der Waals surface area contributed by atoms with Crippen LogP contribution in [0.4, 0.5) is 10.1 Å². The first-order valence-corrected chi connectivity index (χ1v) is 5.96. The fraction of sp³-hybridized carbons (Fsp3) is 0. The van der Waals surface area contributed by atoms with E-state index >= 15 is 0 Å². The van der Waals surface area contributed by atoms with Gasteiger partial charge in [0.15, 0.2) is 5.52 Å². The van der Waals surface area contributed by atoms with Gasteiger partial charge in [-0.05, 0) is 24.3 Å². The fourth-order valence-electron chi connectivity index (χ4n) is 1.94. The number of rotatable bonds is 3. The lowest BCUT2D eigenvalue weighted by Gasteiger charge is -2.08. The van der Waals surface area contributed by atoms with Crippen LogP contribution in [-0.2, 0) is 0 Å². The van der Waals surface area contributed by atoms with Gasteiger partial charge in [-0.3, -0.25) is 10.1 Å². The Morgan fingerprint density at radius 3 is 2.76 bits per heavy atom. The van der Waals surface area contributed by atoms with Crippen molar-refractivity contribution in [2.75, 3.05) is 0 Å². The lowest BCUT2D eigenvalue weighted by atomic mass is 10.1. The highest BCUT2D eigenvalue weighted by Gasteiger charge is 2.16. The largest absolute Gasteiger partial charge is 0.456 e. The van der Waals surface area contributed by atoms with Gasteiger partial charge in [-0.2, -0.15) is 4.39 Å². The van der Waals surface area contributed by atoms with Crippen LogP contribution in [0.15, 0.2) is 48.8 Å². The molecule has 0 aliphatic heterocycles. The van der Waals surface area contributed by atoms with Gasteiger partial charge < -0.3 is 4.74 Å². The van der Waals surface area contributed by atoms with Crippen LogP contribution in [0.1, 0.15) is 0 Å². The predicted molar refractivity (Wildman–Crippen MR) is 72.7 cm³/mol. The Morgan fingerprint density at radius 1 is 1.14 bits per heavy atom. The molecular formula is C14H8FN3O3. The molecule has 0 saturated heterocycles. The van der Waals surface area contributed by atoms with Crippen LogP contribution in [0.25, 0.3) is 10.9 Å². The molecule has 0 aliphatic rings. The number of benzene rings is 1. The molecule has 3 rings (SSSR count). The van der Waals surface area contributed by atoms with Gasteiger partial charge in [0.05, 0.1) is 4.92 Å². The average molecular weight is 285 g/mol. The van der Waals surface area contributed by atoms with Crippen LogP contribution < -0.4 is 4.74 Å². The molecular weight excluding hydrogens is 277 g/mol. The Balaban J connectivity index is 2.12. The second-order valence-corrected chi connectivity index (χ2v) is 4.16. The minimum Gasteiger partial charge on any atom is -0.456 e. The summed E-state index contributed by atoms with van der Waals surface area (Å²) < 4.78 is 18.6. The van der Waals surface area contributed by atoms with Gasteiger partial charge in [-0.1, -0.05) is 0 Å². The number of halogens is 1. The number of ether oxygens (including phenoxy) is 1. The van der Waals surface area contributed by atoms with Crippen LogP contribution in [0.5, 0.6) is 11.5 Å². The molecule has 0 unspecified atom stereocenters. The molecule has 0 spiro atoms. The smallest absolute Gasteiger partial charge is 0.295 e. The topological polar surface area (TPSA) is 78.2 Å². The molecule has 0 aliphatic carbocycles. The lowest BCUT2D eigenvalue weighted by molar-refractivity contribution is -0.383. The third-order valence-electron chi connectivity index (χ3n) is 2.83. The quantitative estimate of drug-likeness (QED) is 0.418. The molecule has 1 aromatic carbocycles. The summed E-state index contributed by atoms with van der Waals surface area (Å²) in [4.78, 5) is 17.9. The number of non-ortho nitro benzene ring substituents is 1. The highest BCUT2D eigenvalue weighted by atomic mass is 19.1. The molecule has 2 heterocycles. The molecule has 0 atom stereocenters. The minimum atomic E-state index is -0.670. The second kappa shape index (κ2) is 5.12. The van der Waals surface area contributed by atoms with Gasteiger partial charge in [-0.15, -0.1) is 0 Å². The standard InChI is InChI=1S/C14H8FN3O3/c15-13-8-9(5-7-16-13)21-12-4-3-11(18(19)20)14-10(12)2-1-6-17-14/h1-8H. The Labute approximate surface area is 118 Å². The molecule has 0 radical (unpaired) electrons. The summed E-state index contributed by atoms with van der Waals surface area (Å²) in [6, 6.07) is 8.69. The third-order valence-corrected chi connectivity index (χ3v) is 2.83. The van der Waals surface area contributed by atoms with Crippen LogP contribution in [-0.4, -0.2) is 14.9 Å². The maximum atomic E-state index is 13.1. The van der Waals surface area contributed by atoms with Gasteiger partial charge >= 0.3 is 0 Å². The molecule has 0 saturated carbocycles. The summed E-state index contributed by atoms with van der Waals surface area (Å²) in [7, 11) is 0. The number of fused-ring (bicyclic) bond motifs is 1. The van der Waals surface area contributed by atoms with Crippen molar-refractivity contribution in [3.63, 3.8) is 0 Å². The van der Waals surface area contributed by atoms with Gasteiger partial charge in [0.2, 0.25) is 5.95 Å². The maximum absolute atomic E-state index is 13.1. The third kappa shape index (κ3) is 2.48. The molecule has 3 aromatic rings. The zero-order valence-electron chi connectivity index (χ0n) is 10.6. The molecule has 0 amide bonds. The number of nitro benzene ring substituents is 1. The molecule has 0 fully saturated rings. The molecule has 2 aromatic heterocycles. The van der Waals surface area contributed by atoms with Crippen molar-refractivity contribution < 1.29 is 14.1 Å². The molecule has 104 valence electrons. The van der Waals surface area contributed by atoms with Crippen LogP contribution >= 0.6 is 0 Å². The van der Waals surface area contributed by atoms with Crippen molar-refractivity contribution >= 4 is 16.6 Å². The van der Waals surface area contributed by atoms with Crippen LogP contribution in [0, 0.1) is 16.1 Å². The first-order valence-electron chi connectivity index (χ1n) is 5.96. The summed E-state index contributed by atoms with van der Waals surface area (Å²) in [5.74, 6) is -0.0624. The van der Waals surface area contributed by atoms with Crippen molar-refractivity contribution in [1.82, 2.24) is 9.97 Å². The first kappa shape index (κ1) is 12.9. The second-order valence-electron chi connectivity index (χ2n) is 4.16. The molecule has 7 heteroatoms. The molecule has 6 nitrogen and oxygen atoms in total. The van der Waals surface area contributed by atoms with E-state index in [1.807, 2.05) is 0 Å². The van der Waals surface area contributed by atoms with Crippen LogP contribution in [0.3, 0.4) is 0 Å². The summed E-state index contributed by atoms with van der Waals surface area (Å²) >= 11 is 0. The van der Waals surface area contributed by atoms with E-state index in [1.165, 1.54) is 30.6 Å². The summed E-state index contributed by atoms with van der Waals surface area (Å²) in [6.07, 6.45) is 2.74. The Kier molecular flexibility index (Phi) is 3.15. The number of pyridine rings is 2. The van der Waals surface area contributed by atoms with Crippen molar-refractivity contribution in [1.29, 1.82) is 0 Å². The van der Waals surface area contributed by atoms with Gasteiger partial charge in [0.25, 0.3) is 5.69 Å². The number of hydrogen-bond acceptors (Lipinski definition) is 5. The van der Waals surface area contributed by atoms with Gasteiger partial charge in [0.1, 0.15) is 11.5 Å². The Morgan fingerprint density at radius 2 is 2.00 bits per heavy atom. The highest BCUT2D eigenvalue weighted by Crippen LogP contribution is 2.33. The van der Waals surface area contributed by atoms with Crippen molar-refractivity contribution in [2.24, 2.45) is 0 Å². The number of hydrogen-bond donors (Lipinski definition) is 0. The number of aromatic nitrogens is 2. The van der Waals surface area contributed by atoms with Crippen molar-refractivity contribution in [2.45, 2.75) is 0 Å². The molecule has 21 heavy (non-hydrogen) atoms. The van der Waals surface area contributed by atoms with E-state index < -0.39 is 10.9 Å². The zero-order valence-corrected chi connectivity index (χ0v) is 10.6. The van der Waals surface area contributed by atoms with E-state index in [1.54, 1.807) is 12.1 Å². The van der Waals surface area contributed by atoms with E-state index in [4.69, 9.17) is 4.74 Å². The summed E-state index contributed by atoms with van der Waals surface area (Å²) in [5.41, 5.74) is 0.105. The fourth-order valence-corrected chi connectivity index (χ4v) is 1.94. The Bertz CT molecular complexity index is 839. The molecule has 0 N–H and O–H groups in total. The van der Waals surface area contributed by atoms with Gasteiger partial charge in [-0.25, -0.2) is 9.97 Å². The number of nitro groups is 1. The first-order chi connectivity index (χ1) is 10.1. The van der Waals surface area contributed by atoms with Crippen molar-refractivity contribution in [3.05, 3.63) is 64.9 Å². The lowest BCUT2D eigenvalue weighted by Crippen LogP contribution is -1.94. The normalized spacial score (nSPS) is 10.5. The monoisotopic (exact) mass is 285 g/mol. The number of nitrogens with zero attached hydrogens (tertiary/aromatic N) is 3. The van der Waals surface area contributed by atoms with Crippen molar-refractivity contribution in [3.8, 4) is 11.5 Å². The zero-order chi connectivity index (χ0) is 14.8. The van der Waals surface area contributed by atoms with E-state index in [2.05, 4.69) is 9.97 Å². The maximum Gasteiger partial charge on any atom is 0.295 e. The van der Waals surface area contributed by atoms with E-state index in [0.717, 1.165) is 6.07 Å². The SMILES string of the molecule is O=[N+]([O-])c1ccc(Oc2ccnc(F)c2)c2cccnc12. The van der Waals surface area contributed by atoms with E-state index in [0.29, 0.717) is 11.1 Å². The average Bonchev–Trinajstić information content (AvgIpc) is 2.47.